The van der Waals surface area contributed by atoms with Crippen LogP contribution >= 0.6 is 0 Å². The number of aromatic nitrogens is 3. The van der Waals surface area contributed by atoms with E-state index in [-0.39, 0.29) is 5.69 Å². The highest BCUT2D eigenvalue weighted by atomic mass is 19.1. The molecule has 0 unspecified atom stereocenters. The van der Waals surface area contributed by atoms with Gasteiger partial charge in [0.05, 0.1) is 5.39 Å². The van der Waals surface area contributed by atoms with Gasteiger partial charge >= 0.3 is 0 Å². The Bertz CT molecular complexity index is 720. The summed E-state index contributed by atoms with van der Waals surface area (Å²) in [7, 11) is 0. The third kappa shape index (κ3) is 2.08. The molecule has 0 amide bonds. The first kappa shape index (κ1) is 11.5. The fraction of sp³-hybridized carbons (Fsp3) is 0. The van der Waals surface area contributed by atoms with Crippen molar-refractivity contribution in [2.45, 2.75) is 0 Å². The Hall–Kier alpha value is -2.63. The third-order valence-corrected chi connectivity index (χ3v) is 2.61. The molecule has 0 saturated heterocycles. The number of rotatable bonds is 2. The highest BCUT2D eigenvalue weighted by Gasteiger charge is 2.11. The molecular weight excluding hydrogens is 250 g/mol. The smallest absolute Gasteiger partial charge is 0.164 e. The fourth-order valence-corrected chi connectivity index (χ4v) is 1.73. The number of fused-ring (bicyclic) bond motifs is 1. The Morgan fingerprint density at radius 2 is 1.68 bits per heavy atom. The van der Waals surface area contributed by atoms with E-state index in [9.17, 15) is 8.78 Å². The minimum absolute atomic E-state index is 0.244. The molecule has 0 saturated carbocycles. The molecule has 0 aliphatic rings. The van der Waals surface area contributed by atoms with Crippen molar-refractivity contribution in [1.29, 1.82) is 0 Å². The van der Waals surface area contributed by atoms with E-state index < -0.39 is 11.6 Å². The van der Waals surface area contributed by atoms with E-state index in [1.165, 1.54) is 24.5 Å². The molecule has 6 heteroatoms. The van der Waals surface area contributed by atoms with E-state index in [0.29, 0.717) is 16.9 Å². The predicted octanol–water partition coefficient (Wildman–Crippen LogP) is 3.05. The van der Waals surface area contributed by atoms with E-state index in [1.54, 1.807) is 18.3 Å². The number of hydrogen-bond donors (Lipinski definition) is 1. The monoisotopic (exact) mass is 258 g/mol. The van der Waals surface area contributed by atoms with Crippen LogP contribution in [0.5, 0.6) is 0 Å². The zero-order valence-electron chi connectivity index (χ0n) is 9.64. The summed E-state index contributed by atoms with van der Waals surface area (Å²) in [5, 5.41) is 3.23. The quantitative estimate of drug-likeness (QED) is 0.767. The standard InChI is InChI=1S/C13H8F2N4/c14-9-4-1-5-10(15)11(9)19-13-8-3-2-6-16-12(8)17-7-18-13/h1-7H,(H,16,17,18,19). The lowest BCUT2D eigenvalue weighted by Crippen LogP contribution is -2.01. The number of hydrogen-bond acceptors (Lipinski definition) is 4. The molecule has 0 aliphatic carbocycles. The average Bonchev–Trinajstić information content (AvgIpc) is 2.43. The number of benzene rings is 1. The molecule has 19 heavy (non-hydrogen) atoms. The summed E-state index contributed by atoms with van der Waals surface area (Å²) in [6, 6.07) is 7.08. The summed E-state index contributed by atoms with van der Waals surface area (Å²) in [6.45, 7) is 0. The van der Waals surface area contributed by atoms with Gasteiger partial charge in [-0.2, -0.15) is 0 Å². The van der Waals surface area contributed by atoms with Crippen LogP contribution in [0.25, 0.3) is 11.0 Å². The van der Waals surface area contributed by atoms with Gasteiger partial charge in [-0.15, -0.1) is 0 Å². The summed E-state index contributed by atoms with van der Waals surface area (Å²) >= 11 is 0. The fourth-order valence-electron chi connectivity index (χ4n) is 1.73. The Morgan fingerprint density at radius 3 is 2.47 bits per heavy atom. The molecule has 0 spiro atoms. The molecule has 4 nitrogen and oxygen atoms in total. The predicted molar refractivity (Wildman–Crippen MR) is 67.0 cm³/mol. The lowest BCUT2D eigenvalue weighted by Gasteiger charge is -2.09. The lowest BCUT2D eigenvalue weighted by atomic mass is 10.2. The maximum Gasteiger partial charge on any atom is 0.164 e. The van der Waals surface area contributed by atoms with Crippen molar-refractivity contribution in [2.24, 2.45) is 0 Å². The van der Waals surface area contributed by atoms with Crippen LogP contribution in [0.4, 0.5) is 20.3 Å². The van der Waals surface area contributed by atoms with Crippen molar-refractivity contribution >= 4 is 22.5 Å². The van der Waals surface area contributed by atoms with Gasteiger partial charge in [-0.1, -0.05) is 6.07 Å². The van der Waals surface area contributed by atoms with Gasteiger partial charge in [0.15, 0.2) is 5.65 Å². The Kier molecular flexibility index (Phi) is 2.75. The highest BCUT2D eigenvalue weighted by Crippen LogP contribution is 2.25. The molecule has 1 N–H and O–H groups in total. The highest BCUT2D eigenvalue weighted by molar-refractivity contribution is 5.88. The normalized spacial score (nSPS) is 10.6. The molecule has 0 fully saturated rings. The van der Waals surface area contributed by atoms with Crippen molar-refractivity contribution < 1.29 is 8.78 Å². The van der Waals surface area contributed by atoms with Crippen molar-refractivity contribution in [2.75, 3.05) is 5.32 Å². The largest absolute Gasteiger partial charge is 0.335 e. The van der Waals surface area contributed by atoms with E-state index in [0.717, 1.165) is 0 Å². The van der Waals surface area contributed by atoms with Gasteiger partial charge in [0.25, 0.3) is 0 Å². The first-order valence-corrected chi connectivity index (χ1v) is 5.52. The molecular formula is C13H8F2N4. The number of para-hydroxylation sites is 1. The minimum Gasteiger partial charge on any atom is -0.335 e. The van der Waals surface area contributed by atoms with Crippen LogP contribution < -0.4 is 5.32 Å². The minimum atomic E-state index is -0.685. The lowest BCUT2D eigenvalue weighted by molar-refractivity contribution is 0.590. The van der Waals surface area contributed by atoms with Crippen LogP contribution in [-0.2, 0) is 0 Å². The van der Waals surface area contributed by atoms with Gasteiger partial charge in [0, 0.05) is 6.20 Å². The first-order valence-electron chi connectivity index (χ1n) is 5.52. The van der Waals surface area contributed by atoms with Crippen molar-refractivity contribution in [3.8, 4) is 0 Å². The zero-order valence-corrected chi connectivity index (χ0v) is 9.64. The summed E-state index contributed by atoms with van der Waals surface area (Å²) < 4.78 is 27.1. The number of pyridine rings is 1. The van der Waals surface area contributed by atoms with Gasteiger partial charge in [-0.3, -0.25) is 0 Å². The van der Waals surface area contributed by atoms with Gasteiger partial charge in [-0.25, -0.2) is 23.7 Å². The number of nitrogens with zero attached hydrogens (tertiary/aromatic N) is 3. The second-order valence-electron chi connectivity index (χ2n) is 3.82. The van der Waals surface area contributed by atoms with Crippen LogP contribution in [0.2, 0.25) is 0 Å². The summed E-state index contributed by atoms with van der Waals surface area (Å²) in [4.78, 5) is 12.0. The molecule has 2 aromatic heterocycles. The maximum atomic E-state index is 13.6. The van der Waals surface area contributed by atoms with Gasteiger partial charge in [0.2, 0.25) is 0 Å². The van der Waals surface area contributed by atoms with E-state index in [4.69, 9.17) is 0 Å². The Balaban J connectivity index is 2.11. The second-order valence-corrected chi connectivity index (χ2v) is 3.82. The molecule has 3 rings (SSSR count). The molecule has 0 bridgehead atoms. The van der Waals surface area contributed by atoms with Crippen LogP contribution in [0.1, 0.15) is 0 Å². The Labute approximate surface area is 107 Å². The van der Waals surface area contributed by atoms with Gasteiger partial charge in [-0.05, 0) is 24.3 Å². The molecule has 0 atom stereocenters. The average molecular weight is 258 g/mol. The van der Waals surface area contributed by atoms with Crippen LogP contribution in [0.15, 0.2) is 42.9 Å². The van der Waals surface area contributed by atoms with E-state index in [2.05, 4.69) is 20.3 Å². The zero-order chi connectivity index (χ0) is 13.2. The van der Waals surface area contributed by atoms with Crippen molar-refractivity contribution in [3.63, 3.8) is 0 Å². The summed E-state index contributed by atoms with van der Waals surface area (Å²) in [6.07, 6.45) is 2.87. The van der Waals surface area contributed by atoms with Crippen LogP contribution in [0.3, 0.4) is 0 Å². The summed E-state index contributed by atoms with van der Waals surface area (Å²) in [5.74, 6) is -1.06. The summed E-state index contributed by atoms with van der Waals surface area (Å²) in [5.41, 5.74) is 0.211. The number of nitrogens with one attached hydrogen (secondary N) is 1. The van der Waals surface area contributed by atoms with Crippen molar-refractivity contribution in [1.82, 2.24) is 15.0 Å². The van der Waals surface area contributed by atoms with Gasteiger partial charge < -0.3 is 5.32 Å². The first-order chi connectivity index (χ1) is 9.25. The van der Waals surface area contributed by atoms with Crippen LogP contribution in [0, 0.1) is 11.6 Å². The second kappa shape index (κ2) is 4.56. The molecule has 1 aromatic carbocycles. The van der Waals surface area contributed by atoms with E-state index >= 15 is 0 Å². The van der Waals surface area contributed by atoms with E-state index in [1.807, 2.05) is 0 Å². The number of halogens is 2. The van der Waals surface area contributed by atoms with Crippen LogP contribution in [-0.4, -0.2) is 15.0 Å². The molecule has 0 aliphatic heterocycles. The SMILES string of the molecule is Fc1cccc(F)c1Nc1ncnc2ncccc12. The molecule has 0 radical (unpaired) electrons. The van der Waals surface area contributed by atoms with Crippen molar-refractivity contribution in [3.05, 3.63) is 54.5 Å². The topological polar surface area (TPSA) is 50.7 Å². The molecule has 94 valence electrons. The third-order valence-electron chi connectivity index (χ3n) is 2.61. The Morgan fingerprint density at radius 1 is 0.895 bits per heavy atom. The maximum absolute atomic E-state index is 13.6. The number of anilines is 2. The molecule has 2 heterocycles. The molecule has 3 aromatic rings. The van der Waals surface area contributed by atoms with Gasteiger partial charge in [0.1, 0.15) is 29.5 Å².